The molecule has 0 bridgehead atoms. The van der Waals surface area contributed by atoms with Gasteiger partial charge in [-0.2, -0.15) is 13.2 Å². The summed E-state index contributed by atoms with van der Waals surface area (Å²) >= 11 is 0. The molecule has 2 nitrogen and oxygen atoms in total. The minimum Gasteiger partial charge on any atom is -0.313 e. The number of hydrogen-bond acceptors (Lipinski definition) is 2. The second kappa shape index (κ2) is 7.48. The molecule has 2 unspecified atom stereocenters. The molecule has 114 valence electrons. The molecule has 1 fully saturated rings. The molecule has 5 heteroatoms. The summed E-state index contributed by atoms with van der Waals surface area (Å²) in [7, 11) is 0. The lowest BCUT2D eigenvalue weighted by molar-refractivity contribution is -0.149. The van der Waals surface area contributed by atoms with Crippen LogP contribution in [0.3, 0.4) is 0 Å². The van der Waals surface area contributed by atoms with Crippen LogP contribution in [0.15, 0.2) is 0 Å². The Balaban J connectivity index is 2.28. The van der Waals surface area contributed by atoms with E-state index in [1.54, 1.807) is 0 Å². The monoisotopic (exact) mass is 280 g/mol. The molecule has 0 aromatic carbocycles. The maximum atomic E-state index is 12.4. The van der Waals surface area contributed by atoms with Crippen molar-refractivity contribution in [3.8, 4) is 0 Å². The van der Waals surface area contributed by atoms with Crippen LogP contribution in [-0.4, -0.2) is 42.8 Å². The van der Waals surface area contributed by atoms with Gasteiger partial charge in [-0.3, -0.25) is 4.90 Å². The van der Waals surface area contributed by atoms with Crippen LogP contribution in [0, 0.1) is 5.92 Å². The zero-order valence-electron chi connectivity index (χ0n) is 12.3. The van der Waals surface area contributed by atoms with E-state index in [1.165, 1.54) is 17.7 Å². The summed E-state index contributed by atoms with van der Waals surface area (Å²) in [4.78, 5) is 1.49. The molecule has 19 heavy (non-hydrogen) atoms. The maximum absolute atomic E-state index is 12.4. The molecule has 1 aliphatic rings. The summed E-state index contributed by atoms with van der Waals surface area (Å²) in [5, 5.41) is 3.41. The van der Waals surface area contributed by atoms with Crippen molar-refractivity contribution in [1.82, 2.24) is 10.2 Å². The van der Waals surface area contributed by atoms with Gasteiger partial charge in [0.25, 0.3) is 0 Å². The van der Waals surface area contributed by atoms with E-state index < -0.39 is 12.7 Å². The van der Waals surface area contributed by atoms with E-state index in [4.69, 9.17) is 0 Å². The molecule has 1 saturated carbocycles. The molecule has 0 radical (unpaired) electrons. The van der Waals surface area contributed by atoms with Gasteiger partial charge in [-0.15, -0.1) is 0 Å². The van der Waals surface area contributed by atoms with Crippen LogP contribution in [0.5, 0.6) is 0 Å². The Hall–Kier alpha value is -0.290. The lowest BCUT2D eigenvalue weighted by atomic mass is 9.87. The van der Waals surface area contributed by atoms with Crippen molar-refractivity contribution in [2.24, 2.45) is 5.92 Å². The second-order valence-corrected chi connectivity index (χ2v) is 6.10. The van der Waals surface area contributed by atoms with E-state index in [2.05, 4.69) is 12.2 Å². The SMILES string of the molecule is CC1CCCC(NCCN(CC(F)(F)F)C(C)C)C1. The third-order valence-corrected chi connectivity index (χ3v) is 3.88. The zero-order valence-corrected chi connectivity index (χ0v) is 12.3. The first kappa shape index (κ1) is 16.8. The van der Waals surface area contributed by atoms with Crippen LogP contribution in [0.1, 0.15) is 46.5 Å². The predicted octanol–water partition coefficient (Wildman–Crippen LogP) is 3.43. The van der Waals surface area contributed by atoms with Crippen LogP contribution in [0.2, 0.25) is 0 Å². The van der Waals surface area contributed by atoms with Crippen molar-refractivity contribution in [1.29, 1.82) is 0 Å². The minimum absolute atomic E-state index is 0.0753. The Kier molecular flexibility index (Phi) is 6.60. The topological polar surface area (TPSA) is 15.3 Å². The van der Waals surface area contributed by atoms with E-state index in [-0.39, 0.29) is 6.04 Å². The summed E-state index contributed by atoms with van der Waals surface area (Å²) in [6.07, 6.45) is 0.718. The summed E-state index contributed by atoms with van der Waals surface area (Å²) in [6, 6.07) is 0.414. The quantitative estimate of drug-likeness (QED) is 0.802. The molecule has 0 saturated heterocycles. The molecule has 0 heterocycles. The highest BCUT2D eigenvalue weighted by Crippen LogP contribution is 2.23. The van der Waals surface area contributed by atoms with Gasteiger partial charge < -0.3 is 5.32 Å². The van der Waals surface area contributed by atoms with Gasteiger partial charge in [0.05, 0.1) is 6.54 Å². The van der Waals surface area contributed by atoms with E-state index in [0.717, 1.165) is 18.8 Å². The molecular formula is C14H27F3N2. The molecule has 1 aliphatic carbocycles. The number of halogens is 3. The van der Waals surface area contributed by atoms with Crippen molar-refractivity contribution in [3.63, 3.8) is 0 Å². The minimum atomic E-state index is -4.11. The number of rotatable bonds is 6. The Bertz CT molecular complexity index is 254. The molecular weight excluding hydrogens is 253 g/mol. The predicted molar refractivity (Wildman–Crippen MR) is 72.2 cm³/mol. The average Bonchev–Trinajstić information content (AvgIpc) is 2.26. The van der Waals surface area contributed by atoms with Gasteiger partial charge in [-0.1, -0.05) is 19.8 Å². The maximum Gasteiger partial charge on any atom is 0.401 e. The van der Waals surface area contributed by atoms with Gasteiger partial charge in [0.1, 0.15) is 0 Å². The van der Waals surface area contributed by atoms with Crippen LogP contribution in [0.4, 0.5) is 13.2 Å². The molecule has 1 rings (SSSR count). The second-order valence-electron chi connectivity index (χ2n) is 6.10. The van der Waals surface area contributed by atoms with Crippen LogP contribution < -0.4 is 5.32 Å². The lowest BCUT2D eigenvalue weighted by Crippen LogP contribution is -2.44. The van der Waals surface area contributed by atoms with E-state index >= 15 is 0 Å². The molecule has 0 spiro atoms. The van der Waals surface area contributed by atoms with Crippen molar-refractivity contribution in [2.75, 3.05) is 19.6 Å². The van der Waals surface area contributed by atoms with E-state index in [1.807, 2.05) is 13.8 Å². The fourth-order valence-electron chi connectivity index (χ4n) is 2.78. The highest BCUT2D eigenvalue weighted by atomic mass is 19.4. The van der Waals surface area contributed by atoms with E-state index in [0.29, 0.717) is 19.1 Å². The summed E-state index contributed by atoms with van der Waals surface area (Å²) < 4.78 is 37.3. The molecule has 0 aromatic heterocycles. The van der Waals surface area contributed by atoms with Gasteiger partial charge in [0.2, 0.25) is 0 Å². The molecule has 0 aromatic rings. The van der Waals surface area contributed by atoms with Gasteiger partial charge >= 0.3 is 6.18 Å². The van der Waals surface area contributed by atoms with Gasteiger partial charge in [-0.25, -0.2) is 0 Å². The number of alkyl halides is 3. The Morgan fingerprint density at radius 3 is 2.47 bits per heavy atom. The van der Waals surface area contributed by atoms with Crippen LogP contribution in [-0.2, 0) is 0 Å². The van der Waals surface area contributed by atoms with Crippen molar-refractivity contribution >= 4 is 0 Å². The van der Waals surface area contributed by atoms with Gasteiger partial charge in [0, 0.05) is 25.2 Å². The molecule has 0 aliphatic heterocycles. The summed E-state index contributed by atoms with van der Waals surface area (Å²) in [5.41, 5.74) is 0. The largest absolute Gasteiger partial charge is 0.401 e. The van der Waals surface area contributed by atoms with Crippen molar-refractivity contribution < 1.29 is 13.2 Å². The summed E-state index contributed by atoms with van der Waals surface area (Å²) in [6.45, 7) is 6.17. The number of nitrogens with zero attached hydrogens (tertiary/aromatic N) is 1. The van der Waals surface area contributed by atoms with Crippen LogP contribution in [0.25, 0.3) is 0 Å². The first-order chi connectivity index (χ1) is 8.78. The van der Waals surface area contributed by atoms with Crippen molar-refractivity contribution in [3.05, 3.63) is 0 Å². The Labute approximate surface area is 114 Å². The number of hydrogen-bond donors (Lipinski definition) is 1. The fraction of sp³-hybridized carbons (Fsp3) is 1.00. The standard InChI is InChI=1S/C14H27F3N2/c1-11(2)19(10-14(15,16)17)8-7-18-13-6-4-5-12(3)9-13/h11-13,18H,4-10H2,1-3H3. The first-order valence-electron chi connectivity index (χ1n) is 7.32. The normalized spacial score (nSPS) is 25.3. The third-order valence-electron chi connectivity index (χ3n) is 3.88. The first-order valence-corrected chi connectivity index (χ1v) is 7.32. The van der Waals surface area contributed by atoms with Crippen LogP contribution >= 0.6 is 0 Å². The highest BCUT2D eigenvalue weighted by molar-refractivity contribution is 4.77. The van der Waals surface area contributed by atoms with E-state index in [9.17, 15) is 13.2 Å². The zero-order chi connectivity index (χ0) is 14.5. The third kappa shape index (κ3) is 7.16. The smallest absolute Gasteiger partial charge is 0.313 e. The molecule has 2 atom stereocenters. The fourth-order valence-corrected chi connectivity index (χ4v) is 2.78. The van der Waals surface area contributed by atoms with Gasteiger partial charge in [0.15, 0.2) is 0 Å². The average molecular weight is 280 g/mol. The Morgan fingerprint density at radius 1 is 1.26 bits per heavy atom. The summed E-state index contributed by atoms with van der Waals surface area (Å²) in [5.74, 6) is 0.739. The lowest BCUT2D eigenvalue weighted by Gasteiger charge is -2.31. The number of nitrogens with one attached hydrogen (secondary N) is 1. The Morgan fingerprint density at radius 2 is 1.95 bits per heavy atom. The van der Waals surface area contributed by atoms with Gasteiger partial charge in [-0.05, 0) is 32.6 Å². The molecule has 1 N–H and O–H groups in total. The molecule has 0 amide bonds. The van der Waals surface area contributed by atoms with Crippen molar-refractivity contribution in [2.45, 2.75) is 64.7 Å². The highest BCUT2D eigenvalue weighted by Gasteiger charge is 2.31.